The summed E-state index contributed by atoms with van der Waals surface area (Å²) in [5.41, 5.74) is 6.86. The van der Waals surface area contributed by atoms with Crippen molar-refractivity contribution < 1.29 is 4.79 Å². The molecule has 4 aromatic rings. The zero-order valence-electron chi connectivity index (χ0n) is 20.5. The Kier molecular flexibility index (Phi) is 6.79. The number of hydrogen-bond acceptors (Lipinski definition) is 5. The molecule has 2 aromatic carbocycles. The van der Waals surface area contributed by atoms with Crippen molar-refractivity contribution in [1.82, 2.24) is 14.3 Å². The topological polar surface area (TPSA) is 55.5 Å². The molecule has 0 unspecified atom stereocenters. The normalized spacial score (nSPS) is 13.7. The summed E-state index contributed by atoms with van der Waals surface area (Å²) >= 11 is 1.59. The highest BCUT2D eigenvalue weighted by atomic mass is 32.2. The molecule has 0 atom stereocenters. The fourth-order valence-electron chi connectivity index (χ4n) is 4.63. The van der Waals surface area contributed by atoms with Crippen molar-refractivity contribution in [3.05, 3.63) is 72.6 Å². The average Bonchev–Trinajstić information content (AvgIpc) is 3.54. The number of likely N-dealkylation sites (N-methyl/N-ethyl adjacent to an activating group) is 2. The Morgan fingerprint density at radius 1 is 1.03 bits per heavy atom. The first-order valence-corrected chi connectivity index (χ1v) is 12.8. The van der Waals surface area contributed by atoms with E-state index in [1.807, 2.05) is 23.5 Å². The fraction of sp³-hybridized carbons (Fsp3) is 0.286. The van der Waals surface area contributed by atoms with E-state index in [9.17, 15) is 4.79 Å². The van der Waals surface area contributed by atoms with Crippen LogP contribution < -0.4 is 9.80 Å². The zero-order valence-corrected chi connectivity index (χ0v) is 21.3. The number of aromatic amines is 1. The summed E-state index contributed by atoms with van der Waals surface area (Å²) in [6.45, 7) is 4.61. The number of H-pyrrole nitrogens is 1. The van der Waals surface area contributed by atoms with Crippen molar-refractivity contribution in [2.45, 2.75) is 24.7 Å². The van der Waals surface area contributed by atoms with Crippen LogP contribution in [0.25, 0.3) is 22.2 Å². The number of amides is 1. The van der Waals surface area contributed by atoms with E-state index < -0.39 is 0 Å². The fourth-order valence-corrected chi connectivity index (χ4v) is 5.46. The number of aromatic nitrogens is 2. The first-order chi connectivity index (χ1) is 17.0. The highest BCUT2D eigenvalue weighted by Crippen LogP contribution is 2.37. The van der Waals surface area contributed by atoms with Gasteiger partial charge in [0.05, 0.1) is 6.54 Å². The lowest BCUT2D eigenvalue weighted by Gasteiger charge is -2.23. The van der Waals surface area contributed by atoms with E-state index in [2.05, 4.69) is 64.3 Å². The number of fused-ring (bicyclic) bond motifs is 1. The van der Waals surface area contributed by atoms with Gasteiger partial charge in [0.25, 0.3) is 0 Å². The predicted molar refractivity (Wildman–Crippen MR) is 146 cm³/mol. The van der Waals surface area contributed by atoms with Crippen LogP contribution >= 0.6 is 11.9 Å². The number of pyridine rings is 1. The molecule has 35 heavy (non-hydrogen) atoms. The molecule has 1 saturated heterocycles. The Bertz CT molecular complexity index is 1330. The van der Waals surface area contributed by atoms with Crippen molar-refractivity contribution in [3.8, 4) is 11.3 Å². The number of nitrogens with zero attached hydrogens (tertiary/aromatic N) is 4. The van der Waals surface area contributed by atoms with Gasteiger partial charge in [-0.15, -0.1) is 0 Å². The zero-order chi connectivity index (χ0) is 24.4. The van der Waals surface area contributed by atoms with Crippen molar-refractivity contribution in [2.75, 3.05) is 43.5 Å². The first-order valence-electron chi connectivity index (χ1n) is 12.0. The number of carbonyl (C=O) groups excluding carboxylic acids is 1. The molecule has 1 aliphatic rings. The SMILES string of the molecule is Cc1ccc2cc(-c3cc(SN(C)CC(=O)N(C)c4ccncc4)ccc3N3CCCC3)[nH]c2c1. The molecule has 6 nitrogen and oxygen atoms in total. The molecule has 3 heterocycles. The second-order valence-corrected chi connectivity index (χ2v) is 10.5. The summed E-state index contributed by atoms with van der Waals surface area (Å²) in [7, 11) is 3.76. The van der Waals surface area contributed by atoms with Gasteiger partial charge < -0.3 is 14.8 Å². The summed E-state index contributed by atoms with van der Waals surface area (Å²) in [4.78, 5) is 25.8. The lowest BCUT2D eigenvalue weighted by molar-refractivity contribution is -0.118. The lowest BCUT2D eigenvalue weighted by Crippen LogP contribution is -2.34. The summed E-state index contributed by atoms with van der Waals surface area (Å²) in [6, 6.07) is 19.1. The molecule has 1 aliphatic heterocycles. The quantitative estimate of drug-likeness (QED) is 0.338. The van der Waals surface area contributed by atoms with E-state index in [0.717, 1.165) is 34.9 Å². The van der Waals surface area contributed by atoms with Crippen molar-refractivity contribution in [2.24, 2.45) is 0 Å². The van der Waals surface area contributed by atoms with Crippen LogP contribution in [0.15, 0.2) is 71.9 Å². The second kappa shape index (κ2) is 10.1. The molecule has 1 N–H and O–H groups in total. The molecule has 0 spiro atoms. The highest BCUT2D eigenvalue weighted by molar-refractivity contribution is 7.97. The molecule has 7 heteroatoms. The van der Waals surface area contributed by atoms with Crippen LogP contribution in [0.4, 0.5) is 11.4 Å². The van der Waals surface area contributed by atoms with E-state index in [1.54, 1.807) is 36.3 Å². The molecular formula is C28H31N5OS. The molecule has 0 aliphatic carbocycles. The molecule has 1 amide bonds. The Hall–Kier alpha value is -3.29. The van der Waals surface area contributed by atoms with Crippen molar-refractivity contribution >= 4 is 40.1 Å². The predicted octanol–water partition coefficient (Wildman–Crippen LogP) is 5.74. The van der Waals surface area contributed by atoms with E-state index in [1.165, 1.54) is 35.0 Å². The minimum atomic E-state index is 0.0334. The van der Waals surface area contributed by atoms with Gasteiger partial charge in [-0.3, -0.25) is 9.78 Å². The Balaban J connectivity index is 1.39. The van der Waals surface area contributed by atoms with Gasteiger partial charge in [-0.05, 0) is 86.8 Å². The number of aryl methyl sites for hydroxylation is 1. The summed E-state index contributed by atoms with van der Waals surface area (Å²) in [6.07, 6.45) is 5.87. The number of anilines is 2. The third-order valence-electron chi connectivity index (χ3n) is 6.53. The molecular weight excluding hydrogens is 454 g/mol. The van der Waals surface area contributed by atoms with E-state index in [0.29, 0.717) is 6.54 Å². The van der Waals surface area contributed by atoms with Gasteiger partial charge in [0.1, 0.15) is 0 Å². The Labute approximate surface area is 211 Å². The monoisotopic (exact) mass is 485 g/mol. The molecule has 0 radical (unpaired) electrons. The van der Waals surface area contributed by atoms with Gasteiger partial charge in [-0.1, -0.05) is 12.1 Å². The van der Waals surface area contributed by atoms with Crippen LogP contribution in [-0.4, -0.2) is 53.9 Å². The maximum absolute atomic E-state index is 12.8. The van der Waals surface area contributed by atoms with Gasteiger partial charge >= 0.3 is 0 Å². The maximum atomic E-state index is 12.8. The Morgan fingerprint density at radius 3 is 2.57 bits per heavy atom. The van der Waals surface area contributed by atoms with Gasteiger partial charge in [0, 0.05) is 71.0 Å². The molecule has 180 valence electrons. The van der Waals surface area contributed by atoms with Crippen LogP contribution in [0, 0.1) is 6.92 Å². The highest BCUT2D eigenvalue weighted by Gasteiger charge is 2.20. The van der Waals surface area contributed by atoms with Gasteiger partial charge in [0.2, 0.25) is 5.91 Å². The van der Waals surface area contributed by atoms with Crippen LogP contribution in [0.2, 0.25) is 0 Å². The van der Waals surface area contributed by atoms with Gasteiger partial charge in [-0.25, -0.2) is 4.31 Å². The molecule has 0 bridgehead atoms. The van der Waals surface area contributed by atoms with Crippen LogP contribution in [-0.2, 0) is 4.79 Å². The van der Waals surface area contributed by atoms with E-state index in [-0.39, 0.29) is 5.91 Å². The Morgan fingerprint density at radius 2 is 1.80 bits per heavy atom. The number of carbonyl (C=O) groups is 1. The van der Waals surface area contributed by atoms with Crippen molar-refractivity contribution in [3.63, 3.8) is 0 Å². The summed E-state index contributed by atoms with van der Waals surface area (Å²) in [5, 5.41) is 1.22. The standard InChI is InChI=1S/C28H31N5OS/c1-20-6-7-21-17-26(30-25(21)16-20)24-18-23(8-9-27(24)33-14-4-5-15-33)35-31(2)19-28(34)32(3)22-10-12-29-13-11-22/h6-13,16-18,30H,4-5,14-15,19H2,1-3H3. The molecule has 2 aromatic heterocycles. The van der Waals surface area contributed by atoms with Crippen LogP contribution in [0.3, 0.4) is 0 Å². The number of rotatable bonds is 7. The largest absolute Gasteiger partial charge is 0.371 e. The van der Waals surface area contributed by atoms with Gasteiger partial charge in [-0.2, -0.15) is 0 Å². The number of hydrogen-bond donors (Lipinski definition) is 1. The second-order valence-electron chi connectivity index (χ2n) is 9.18. The van der Waals surface area contributed by atoms with E-state index >= 15 is 0 Å². The molecule has 1 fully saturated rings. The number of nitrogens with one attached hydrogen (secondary N) is 1. The summed E-state index contributed by atoms with van der Waals surface area (Å²) in [5.74, 6) is 0.0334. The number of benzene rings is 2. The summed E-state index contributed by atoms with van der Waals surface area (Å²) < 4.78 is 1.99. The third kappa shape index (κ3) is 5.21. The maximum Gasteiger partial charge on any atom is 0.241 e. The van der Waals surface area contributed by atoms with Crippen molar-refractivity contribution in [1.29, 1.82) is 0 Å². The van der Waals surface area contributed by atoms with Crippen LogP contribution in [0.5, 0.6) is 0 Å². The third-order valence-corrected chi connectivity index (χ3v) is 7.43. The molecule has 0 saturated carbocycles. The lowest BCUT2D eigenvalue weighted by atomic mass is 10.1. The minimum Gasteiger partial charge on any atom is -0.371 e. The molecule has 5 rings (SSSR count). The minimum absolute atomic E-state index is 0.0334. The average molecular weight is 486 g/mol. The first kappa shape index (κ1) is 23.5. The van der Waals surface area contributed by atoms with Crippen LogP contribution in [0.1, 0.15) is 18.4 Å². The smallest absolute Gasteiger partial charge is 0.241 e. The van der Waals surface area contributed by atoms with Gasteiger partial charge in [0.15, 0.2) is 0 Å². The van der Waals surface area contributed by atoms with E-state index in [4.69, 9.17) is 0 Å².